The summed E-state index contributed by atoms with van der Waals surface area (Å²) in [5, 5.41) is 5.66. The molecule has 2 atom stereocenters. The average Bonchev–Trinajstić information content (AvgIpc) is 3.03. The molecule has 0 aromatic heterocycles. The summed E-state index contributed by atoms with van der Waals surface area (Å²) in [4.78, 5) is 39.9. The molecule has 4 amide bonds. The highest BCUT2D eigenvalue weighted by Gasteiger charge is 2.52. The quantitative estimate of drug-likeness (QED) is 0.491. The zero-order chi connectivity index (χ0) is 24.9. The second kappa shape index (κ2) is 10.8. The number of rotatable bonds is 10. The van der Waals surface area contributed by atoms with Crippen molar-refractivity contribution < 1.29 is 18.8 Å². The topological polar surface area (TPSA) is 78.5 Å². The Kier molecular flexibility index (Phi) is 8.07. The van der Waals surface area contributed by atoms with Crippen LogP contribution in [0.15, 0.2) is 48.5 Å². The lowest BCUT2D eigenvalue weighted by molar-refractivity contribution is -0.135. The molecular weight excluding hydrogens is 433 g/mol. The number of benzene rings is 2. The molecule has 2 aromatic rings. The summed E-state index contributed by atoms with van der Waals surface area (Å²) in [6.07, 6.45) is 2.87. The van der Waals surface area contributed by atoms with E-state index in [2.05, 4.69) is 36.6 Å². The number of amides is 4. The Morgan fingerprint density at radius 2 is 1.71 bits per heavy atom. The molecule has 0 aliphatic carbocycles. The number of hydrogen-bond acceptors (Lipinski definition) is 3. The van der Waals surface area contributed by atoms with Gasteiger partial charge in [0.2, 0.25) is 5.91 Å². The molecule has 1 saturated heterocycles. The fourth-order valence-corrected chi connectivity index (χ4v) is 4.38. The van der Waals surface area contributed by atoms with E-state index in [0.29, 0.717) is 24.3 Å². The molecule has 7 heteroatoms. The fraction of sp³-hybridized carbons (Fsp3) is 0.444. The third-order valence-corrected chi connectivity index (χ3v) is 6.22. The minimum Gasteiger partial charge on any atom is -0.348 e. The first-order valence-corrected chi connectivity index (χ1v) is 11.9. The van der Waals surface area contributed by atoms with E-state index in [-0.39, 0.29) is 12.6 Å². The van der Waals surface area contributed by atoms with Crippen LogP contribution in [-0.4, -0.2) is 29.3 Å². The number of hydrogen-bond donors (Lipinski definition) is 2. The molecule has 3 rings (SSSR count). The summed E-state index contributed by atoms with van der Waals surface area (Å²) >= 11 is 0. The van der Waals surface area contributed by atoms with Crippen molar-refractivity contribution >= 4 is 17.8 Å². The highest BCUT2D eigenvalue weighted by atomic mass is 19.1. The minimum absolute atomic E-state index is 0.275. The Hall–Kier alpha value is -3.22. The number of urea groups is 1. The van der Waals surface area contributed by atoms with Gasteiger partial charge in [-0.15, -0.1) is 0 Å². The molecule has 0 radical (unpaired) electrons. The number of carbonyl (C=O) groups is 3. The van der Waals surface area contributed by atoms with Gasteiger partial charge in [0.05, 0.1) is 6.04 Å². The van der Waals surface area contributed by atoms with Crippen molar-refractivity contribution in [3.05, 3.63) is 71.0 Å². The van der Waals surface area contributed by atoms with Crippen molar-refractivity contribution in [2.24, 2.45) is 5.92 Å². The van der Waals surface area contributed by atoms with Gasteiger partial charge in [0.25, 0.3) is 5.91 Å². The van der Waals surface area contributed by atoms with Crippen molar-refractivity contribution in [3.63, 3.8) is 0 Å². The number of halogens is 1. The van der Waals surface area contributed by atoms with Crippen molar-refractivity contribution in [1.29, 1.82) is 0 Å². The van der Waals surface area contributed by atoms with Gasteiger partial charge in [-0.25, -0.2) is 9.18 Å². The number of unbranched alkanes of at least 4 members (excludes halogenated alkanes) is 1. The lowest BCUT2D eigenvalue weighted by Gasteiger charge is -2.27. The highest BCUT2D eigenvalue weighted by Crippen LogP contribution is 2.34. The highest BCUT2D eigenvalue weighted by molar-refractivity contribution is 6.09. The molecule has 2 N–H and O–H groups in total. The largest absolute Gasteiger partial charge is 0.348 e. The van der Waals surface area contributed by atoms with E-state index >= 15 is 0 Å². The maximum Gasteiger partial charge on any atom is 0.325 e. The molecule has 2 unspecified atom stereocenters. The lowest BCUT2D eigenvalue weighted by Crippen LogP contribution is -2.45. The number of imide groups is 1. The van der Waals surface area contributed by atoms with Crippen LogP contribution < -0.4 is 10.6 Å². The minimum atomic E-state index is -1.29. The molecule has 2 aromatic carbocycles. The molecule has 1 fully saturated rings. The van der Waals surface area contributed by atoms with Crippen LogP contribution in [0.4, 0.5) is 9.18 Å². The predicted octanol–water partition coefficient (Wildman–Crippen LogP) is 4.84. The van der Waals surface area contributed by atoms with Crippen LogP contribution in [-0.2, 0) is 21.5 Å². The second-order valence-electron chi connectivity index (χ2n) is 9.47. The van der Waals surface area contributed by atoms with Gasteiger partial charge in [-0.05, 0) is 54.5 Å². The van der Waals surface area contributed by atoms with Crippen LogP contribution in [0, 0.1) is 11.7 Å². The summed E-state index contributed by atoms with van der Waals surface area (Å²) in [7, 11) is 0. The van der Waals surface area contributed by atoms with Crippen molar-refractivity contribution in [3.8, 4) is 0 Å². The molecule has 0 saturated carbocycles. The first-order valence-electron chi connectivity index (χ1n) is 11.9. The van der Waals surface area contributed by atoms with Crippen molar-refractivity contribution in [2.45, 2.75) is 65.0 Å². The lowest BCUT2D eigenvalue weighted by atomic mass is 9.85. The summed E-state index contributed by atoms with van der Waals surface area (Å²) in [5.41, 5.74) is 1.40. The Labute approximate surface area is 200 Å². The van der Waals surface area contributed by atoms with Gasteiger partial charge in [0.15, 0.2) is 0 Å². The van der Waals surface area contributed by atoms with E-state index in [4.69, 9.17) is 0 Å². The SMILES string of the molecule is CCCCC1(c2ccc(F)cc2)NC(=O)N(CC(=O)NC(C)c2ccc(CC(C)C)cc2)C1=O. The molecule has 1 aliphatic rings. The van der Waals surface area contributed by atoms with Crippen LogP contribution in [0.5, 0.6) is 0 Å². The average molecular weight is 468 g/mol. The summed E-state index contributed by atoms with van der Waals surface area (Å²) < 4.78 is 13.5. The summed E-state index contributed by atoms with van der Waals surface area (Å²) in [5.74, 6) is -0.772. The van der Waals surface area contributed by atoms with E-state index in [9.17, 15) is 18.8 Å². The van der Waals surface area contributed by atoms with Crippen molar-refractivity contribution in [2.75, 3.05) is 6.54 Å². The van der Waals surface area contributed by atoms with E-state index in [0.717, 1.165) is 23.3 Å². The monoisotopic (exact) mass is 467 g/mol. The van der Waals surface area contributed by atoms with E-state index < -0.39 is 29.2 Å². The molecule has 34 heavy (non-hydrogen) atoms. The first-order chi connectivity index (χ1) is 16.2. The van der Waals surface area contributed by atoms with Crippen LogP contribution in [0.2, 0.25) is 0 Å². The molecular formula is C27H34FN3O3. The van der Waals surface area contributed by atoms with Gasteiger partial charge in [-0.2, -0.15) is 0 Å². The second-order valence-corrected chi connectivity index (χ2v) is 9.47. The normalized spacial score (nSPS) is 18.8. The van der Waals surface area contributed by atoms with Crippen molar-refractivity contribution in [1.82, 2.24) is 15.5 Å². The Bertz CT molecular complexity index is 1020. The summed E-state index contributed by atoms with van der Waals surface area (Å²) in [6.45, 7) is 7.81. The zero-order valence-corrected chi connectivity index (χ0v) is 20.4. The van der Waals surface area contributed by atoms with Crippen LogP contribution in [0.3, 0.4) is 0 Å². The zero-order valence-electron chi connectivity index (χ0n) is 20.4. The van der Waals surface area contributed by atoms with Crippen LogP contribution in [0.25, 0.3) is 0 Å². The fourth-order valence-electron chi connectivity index (χ4n) is 4.38. The Morgan fingerprint density at radius 1 is 1.06 bits per heavy atom. The molecule has 182 valence electrons. The number of carbonyl (C=O) groups excluding carboxylic acids is 3. The first kappa shape index (κ1) is 25.4. The Morgan fingerprint density at radius 3 is 2.29 bits per heavy atom. The standard InChI is InChI=1S/C27H34FN3O3/c1-5-6-15-27(22-11-13-23(28)14-12-22)25(33)31(26(34)30-27)17-24(32)29-19(4)21-9-7-20(8-10-21)16-18(2)3/h7-14,18-19H,5-6,15-17H2,1-4H3,(H,29,32)(H,30,34). The van der Waals surface area contributed by atoms with E-state index in [1.54, 1.807) is 0 Å². The Balaban J connectivity index is 1.70. The number of nitrogens with one attached hydrogen (secondary N) is 2. The molecule has 1 aliphatic heterocycles. The van der Waals surface area contributed by atoms with Gasteiger partial charge in [-0.1, -0.05) is 70.0 Å². The maximum absolute atomic E-state index is 13.5. The van der Waals surface area contributed by atoms with E-state index in [1.165, 1.54) is 29.8 Å². The van der Waals surface area contributed by atoms with Crippen LogP contribution >= 0.6 is 0 Å². The number of nitrogens with zero attached hydrogens (tertiary/aromatic N) is 1. The van der Waals surface area contributed by atoms with Gasteiger partial charge in [-0.3, -0.25) is 14.5 Å². The van der Waals surface area contributed by atoms with Gasteiger partial charge in [0, 0.05) is 0 Å². The third kappa shape index (κ3) is 5.64. The molecule has 1 heterocycles. The third-order valence-electron chi connectivity index (χ3n) is 6.22. The predicted molar refractivity (Wildman–Crippen MR) is 129 cm³/mol. The van der Waals surface area contributed by atoms with E-state index in [1.807, 2.05) is 26.0 Å². The molecule has 0 spiro atoms. The molecule has 0 bridgehead atoms. The van der Waals surface area contributed by atoms with Gasteiger partial charge < -0.3 is 10.6 Å². The summed E-state index contributed by atoms with van der Waals surface area (Å²) in [6, 6.07) is 12.8. The van der Waals surface area contributed by atoms with Gasteiger partial charge in [0.1, 0.15) is 17.9 Å². The molecule has 6 nitrogen and oxygen atoms in total. The smallest absolute Gasteiger partial charge is 0.325 e. The van der Waals surface area contributed by atoms with Gasteiger partial charge >= 0.3 is 6.03 Å². The van der Waals surface area contributed by atoms with Crippen LogP contribution in [0.1, 0.15) is 69.7 Å². The maximum atomic E-state index is 13.5.